The lowest BCUT2D eigenvalue weighted by Crippen LogP contribution is -2.12. The van der Waals surface area contributed by atoms with Crippen molar-refractivity contribution in [3.63, 3.8) is 0 Å². The van der Waals surface area contributed by atoms with Crippen molar-refractivity contribution in [3.8, 4) is 6.07 Å². The third-order valence-electron chi connectivity index (χ3n) is 1.25. The van der Waals surface area contributed by atoms with E-state index in [-0.39, 0.29) is 7.19 Å². The van der Waals surface area contributed by atoms with Gasteiger partial charge < -0.3 is 5.11 Å². The van der Waals surface area contributed by atoms with Crippen molar-refractivity contribution < 1.29 is 5.11 Å². The van der Waals surface area contributed by atoms with Gasteiger partial charge in [0.15, 0.2) is 0 Å². The summed E-state index contributed by atoms with van der Waals surface area (Å²) in [5, 5.41) is 17.7. The number of allylic oxidation sites excluding steroid dienone is 3. The van der Waals surface area contributed by atoms with Gasteiger partial charge in [-0.15, -0.1) is 0 Å². The normalized spacial score (nSPS) is 21.5. The molecule has 0 aromatic carbocycles. The third kappa shape index (κ3) is 2.63. The average Bonchev–Trinajstić information content (AvgIpc) is 1.83. The largest absolute Gasteiger partial charge is 0.508 e. The Morgan fingerprint density at radius 3 is 2.73 bits per heavy atom. The minimum atomic E-state index is -0.139. The zero-order valence-corrected chi connectivity index (χ0v) is 9.83. The molecule has 1 aliphatic rings. The molecule has 1 aliphatic carbocycles. The first-order valence-electron chi connectivity index (χ1n) is 2.94. The third-order valence-corrected chi connectivity index (χ3v) is 2.64. The highest BCUT2D eigenvalue weighted by Gasteiger charge is 2.25. The number of hydrogen-bond acceptors (Lipinski definition) is 2. The molecule has 0 aromatic rings. The van der Waals surface area contributed by atoms with Gasteiger partial charge in [0.05, 0.1) is 7.50 Å². The molecular weight excluding hydrogens is 368 g/mol. The summed E-state index contributed by atoms with van der Waals surface area (Å²) >= 11 is 4.41. The van der Waals surface area contributed by atoms with Crippen LogP contribution >= 0.6 is 45.2 Å². The summed E-state index contributed by atoms with van der Waals surface area (Å²) < 4.78 is -0.139. The molecule has 2 nitrogen and oxygen atoms in total. The van der Waals surface area contributed by atoms with Crippen molar-refractivity contribution in [2.75, 3.05) is 0 Å². The van der Waals surface area contributed by atoms with Crippen LogP contribution in [0.15, 0.2) is 23.5 Å². The van der Waals surface area contributed by atoms with E-state index in [1.165, 1.54) is 6.08 Å². The summed E-state index contributed by atoms with van der Waals surface area (Å²) in [6, 6.07) is 2.04. The van der Waals surface area contributed by atoms with E-state index >= 15 is 0 Å². The highest BCUT2D eigenvalue weighted by molar-refractivity contribution is 14.2. The van der Waals surface area contributed by atoms with E-state index in [0.717, 1.165) is 0 Å². The van der Waals surface area contributed by atoms with E-state index < -0.39 is 0 Å². The van der Waals surface area contributed by atoms with Crippen molar-refractivity contribution >= 4 is 45.2 Å². The monoisotopic (exact) mass is 373 g/mol. The molecule has 1 N–H and O–H groups in total. The SMILES string of the molecule is N#CC1=CC(O)=CC(I)(I)C1. The van der Waals surface area contributed by atoms with Gasteiger partial charge in [-0.05, 0) is 12.2 Å². The number of nitriles is 1. The maximum atomic E-state index is 9.17. The molecule has 0 heterocycles. The van der Waals surface area contributed by atoms with Crippen LogP contribution in [0.25, 0.3) is 0 Å². The summed E-state index contributed by atoms with van der Waals surface area (Å²) in [6.45, 7) is 0. The molecular formula is C7H5I2NO. The Morgan fingerprint density at radius 1 is 1.64 bits per heavy atom. The van der Waals surface area contributed by atoms with Crippen LogP contribution in [0.1, 0.15) is 6.42 Å². The van der Waals surface area contributed by atoms with Gasteiger partial charge in [0.1, 0.15) is 5.76 Å². The van der Waals surface area contributed by atoms with Gasteiger partial charge in [0.2, 0.25) is 0 Å². The lowest BCUT2D eigenvalue weighted by molar-refractivity contribution is 0.426. The van der Waals surface area contributed by atoms with E-state index in [2.05, 4.69) is 45.2 Å². The first-order chi connectivity index (χ1) is 5.03. The number of aliphatic hydroxyl groups is 1. The fourth-order valence-corrected chi connectivity index (χ4v) is 2.32. The molecule has 0 aromatic heterocycles. The topological polar surface area (TPSA) is 44.0 Å². The molecule has 11 heavy (non-hydrogen) atoms. The molecule has 0 amide bonds. The number of rotatable bonds is 0. The number of halogens is 2. The predicted octanol–water partition coefficient (Wildman–Crippen LogP) is 2.85. The highest BCUT2D eigenvalue weighted by atomic mass is 127. The van der Waals surface area contributed by atoms with Gasteiger partial charge in [-0.3, -0.25) is 0 Å². The maximum Gasteiger partial charge on any atom is 0.114 e. The van der Waals surface area contributed by atoms with Gasteiger partial charge in [-0.1, -0.05) is 45.2 Å². The van der Waals surface area contributed by atoms with Crippen molar-refractivity contribution in [2.45, 2.75) is 7.85 Å². The van der Waals surface area contributed by atoms with E-state index in [1.807, 2.05) is 6.07 Å². The lowest BCUT2D eigenvalue weighted by Gasteiger charge is -2.19. The van der Waals surface area contributed by atoms with Crippen LogP contribution in [0.4, 0.5) is 0 Å². The van der Waals surface area contributed by atoms with E-state index in [0.29, 0.717) is 12.0 Å². The first kappa shape index (κ1) is 9.32. The van der Waals surface area contributed by atoms with Gasteiger partial charge in [-0.2, -0.15) is 5.26 Å². The molecule has 0 saturated heterocycles. The number of alkyl halides is 2. The molecule has 0 saturated carbocycles. The number of nitrogens with zero attached hydrogens (tertiary/aromatic N) is 1. The van der Waals surface area contributed by atoms with Crippen LogP contribution in [0, 0.1) is 11.3 Å². The molecule has 0 atom stereocenters. The molecule has 0 fully saturated rings. The molecule has 0 unspecified atom stereocenters. The summed E-state index contributed by atoms with van der Waals surface area (Å²) in [7, 11) is 0. The highest BCUT2D eigenvalue weighted by Crippen LogP contribution is 2.39. The first-order valence-corrected chi connectivity index (χ1v) is 5.09. The summed E-state index contributed by atoms with van der Waals surface area (Å²) in [5.74, 6) is 0.191. The van der Waals surface area contributed by atoms with E-state index in [9.17, 15) is 5.11 Å². The van der Waals surface area contributed by atoms with Gasteiger partial charge >= 0.3 is 0 Å². The summed E-state index contributed by atoms with van der Waals surface area (Å²) in [4.78, 5) is 0. The maximum absolute atomic E-state index is 9.17. The van der Waals surface area contributed by atoms with Crippen molar-refractivity contribution in [3.05, 3.63) is 23.5 Å². The van der Waals surface area contributed by atoms with Crippen molar-refractivity contribution in [1.82, 2.24) is 0 Å². The van der Waals surface area contributed by atoms with Crippen LogP contribution in [-0.4, -0.2) is 6.53 Å². The quantitative estimate of drug-likeness (QED) is 0.525. The van der Waals surface area contributed by atoms with Gasteiger partial charge in [0, 0.05) is 12.0 Å². The minimum Gasteiger partial charge on any atom is -0.508 e. The Morgan fingerprint density at radius 2 is 2.27 bits per heavy atom. The summed E-state index contributed by atoms with van der Waals surface area (Å²) in [5.41, 5.74) is 0.633. The van der Waals surface area contributed by atoms with Gasteiger partial charge in [-0.25, -0.2) is 0 Å². The summed E-state index contributed by atoms with van der Waals surface area (Å²) in [6.07, 6.45) is 3.94. The second-order valence-electron chi connectivity index (χ2n) is 2.29. The van der Waals surface area contributed by atoms with Crippen LogP contribution in [0.5, 0.6) is 0 Å². The molecule has 4 heteroatoms. The molecule has 1 rings (SSSR count). The smallest absolute Gasteiger partial charge is 0.114 e. The Kier molecular flexibility index (Phi) is 2.80. The minimum absolute atomic E-state index is 0.139. The van der Waals surface area contributed by atoms with E-state index in [4.69, 9.17) is 5.26 Å². The lowest BCUT2D eigenvalue weighted by atomic mass is 10.1. The average molecular weight is 373 g/mol. The van der Waals surface area contributed by atoms with Crippen molar-refractivity contribution in [1.29, 1.82) is 5.26 Å². The second-order valence-corrected chi connectivity index (χ2v) is 8.20. The molecule has 0 aliphatic heterocycles. The Balaban J connectivity index is 2.95. The molecule has 0 radical (unpaired) electrons. The Hall–Kier alpha value is 0.230. The van der Waals surface area contributed by atoms with Gasteiger partial charge in [0.25, 0.3) is 0 Å². The van der Waals surface area contributed by atoms with Crippen LogP contribution in [0.2, 0.25) is 0 Å². The fraction of sp³-hybridized carbons (Fsp3) is 0.286. The fourth-order valence-electron chi connectivity index (χ4n) is 0.864. The van der Waals surface area contributed by atoms with Crippen LogP contribution in [-0.2, 0) is 0 Å². The second kappa shape index (κ2) is 3.31. The zero-order chi connectivity index (χ0) is 8.48. The Bertz CT molecular complexity index is 273. The standard InChI is InChI=1S/C7H5I2NO/c8-7(9)2-5(4-10)1-6(11)3-7/h1,3,11H,2H2. The zero-order valence-electron chi connectivity index (χ0n) is 5.51. The van der Waals surface area contributed by atoms with E-state index in [1.54, 1.807) is 6.08 Å². The van der Waals surface area contributed by atoms with Crippen molar-refractivity contribution in [2.24, 2.45) is 0 Å². The molecule has 58 valence electrons. The molecule has 0 spiro atoms. The van der Waals surface area contributed by atoms with Crippen LogP contribution < -0.4 is 0 Å². The van der Waals surface area contributed by atoms with Crippen LogP contribution in [0.3, 0.4) is 0 Å². The number of aliphatic hydroxyl groups excluding tert-OH is 1. The predicted molar refractivity (Wildman–Crippen MR) is 59.8 cm³/mol. The molecule has 0 bridgehead atoms. The number of hydrogen-bond donors (Lipinski definition) is 1. The Labute approximate surface area is 92.3 Å².